The first-order chi connectivity index (χ1) is 16.9. The molecule has 1 atom stereocenters. The predicted molar refractivity (Wildman–Crippen MR) is 142 cm³/mol. The Balaban J connectivity index is 1.79. The van der Waals surface area contributed by atoms with Crippen molar-refractivity contribution in [2.45, 2.75) is 45.1 Å². The second-order valence-electron chi connectivity index (χ2n) is 9.05. The summed E-state index contributed by atoms with van der Waals surface area (Å²) in [6, 6.07) is 16.5. The van der Waals surface area contributed by atoms with Crippen molar-refractivity contribution < 1.29 is 23.1 Å². The fraction of sp³-hybridized carbons (Fsp3) is 0.259. The minimum Gasteiger partial charge on any atom is -0.481 e. The summed E-state index contributed by atoms with van der Waals surface area (Å²) in [5.74, 6) is -1.35. The Bertz CT molecular complexity index is 1390. The van der Waals surface area contributed by atoms with Crippen molar-refractivity contribution in [3.63, 3.8) is 0 Å². The zero-order valence-electron chi connectivity index (χ0n) is 20.5. The predicted octanol–water partition coefficient (Wildman–Crippen LogP) is 5.65. The Labute approximate surface area is 216 Å². The van der Waals surface area contributed by atoms with Gasteiger partial charge < -0.3 is 10.4 Å². The molecule has 0 aliphatic heterocycles. The van der Waals surface area contributed by atoms with Crippen LogP contribution in [0.5, 0.6) is 0 Å². The molecule has 1 amide bonds. The number of carbonyl (C=O) groups is 2. The molecule has 3 aromatic rings. The lowest BCUT2D eigenvalue weighted by Gasteiger charge is -2.20. The lowest BCUT2D eigenvalue weighted by Crippen LogP contribution is -2.40. The Kier molecular flexibility index (Phi) is 8.43. The number of carbonyl (C=O) groups excluding carboxylic acids is 1. The number of carboxylic acid groups (broad SMARTS) is 1. The van der Waals surface area contributed by atoms with E-state index in [1.807, 2.05) is 19.9 Å². The third kappa shape index (κ3) is 6.65. The van der Waals surface area contributed by atoms with Crippen LogP contribution in [0.3, 0.4) is 0 Å². The Hall–Kier alpha value is -3.36. The molecule has 3 aromatic carbocycles. The number of nitrogens with one attached hydrogen (secondary N) is 2. The molecule has 0 saturated carbocycles. The molecule has 0 bridgehead atoms. The van der Waals surface area contributed by atoms with Crippen molar-refractivity contribution in [2.75, 3.05) is 4.72 Å². The summed E-state index contributed by atoms with van der Waals surface area (Å²) in [6.45, 7) is 7.15. The van der Waals surface area contributed by atoms with Gasteiger partial charge in [0.1, 0.15) is 0 Å². The zero-order chi connectivity index (χ0) is 26.6. The summed E-state index contributed by atoms with van der Waals surface area (Å²) in [5.41, 5.74) is 3.57. The average molecular weight is 529 g/mol. The van der Waals surface area contributed by atoms with Gasteiger partial charge in [0.25, 0.3) is 15.9 Å². The molecule has 36 heavy (non-hydrogen) atoms. The van der Waals surface area contributed by atoms with Crippen LogP contribution < -0.4 is 10.0 Å². The number of carboxylic acids is 1. The van der Waals surface area contributed by atoms with Gasteiger partial charge in [-0.15, -0.1) is 0 Å². The minimum absolute atomic E-state index is 0.0311. The summed E-state index contributed by atoms with van der Waals surface area (Å²) >= 11 is 6.11. The number of hydrogen-bond donors (Lipinski definition) is 3. The van der Waals surface area contributed by atoms with Crippen LogP contribution >= 0.6 is 11.6 Å². The zero-order valence-corrected chi connectivity index (χ0v) is 22.1. The fourth-order valence-corrected chi connectivity index (χ4v) is 5.30. The van der Waals surface area contributed by atoms with Crippen LogP contribution in [0.25, 0.3) is 11.1 Å². The summed E-state index contributed by atoms with van der Waals surface area (Å²) < 4.78 is 28.7. The number of halogens is 1. The monoisotopic (exact) mass is 528 g/mol. The van der Waals surface area contributed by atoms with E-state index in [4.69, 9.17) is 16.7 Å². The highest BCUT2D eigenvalue weighted by atomic mass is 35.5. The van der Waals surface area contributed by atoms with Crippen LogP contribution in [0.15, 0.2) is 65.6 Å². The van der Waals surface area contributed by atoms with Gasteiger partial charge in [0.05, 0.1) is 11.3 Å². The van der Waals surface area contributed by atoms with Crippen LogP contribution in [-0.4, -0.2) is 31.4 Å². The third-order valence-corrected chi connectivity index (χ3v) is 7.79. The minimum atomic E-state index is -3.83. The summed E-state index contributed by atoms with van der Waals surface area (Å²) in [7, 11) is -3.83. The van der Waals surface area contributed by atoms with Crippen molar-refractivity contribution in [3.05, 3.63) is 82.4 Å². The highest BCUT2D eigenvalue weighted by Crippen LogP contribution is 2.28. The lowest BCUT2D eigenvalue weighted by molar-refractivity contribution is -0.137. The van der Waals surface area contributed by atoms with E-state index in [-0.39, 0.29) is 23.1 Å². The topological polar surface area (TPSA) is 113 Å². The molecular formula is C27H29ClN2O5S. The van der Waals surface area contributed by atoms with Gasteiger partial charge in [-0.25, -0.2) is 8.42 Å². The van der Waals surface area contributed by atoms with Gasteiger partial charge >= 0.3 is 5.97 Å². The molecule has 0 fully saturated rings. The van der Waals surface area contributed by atoms with Crippen LogP contribution in [-0.2, 0) is 14.8 Å². The highest BCUT2D eigenvalue weighted by Gasteiger charge is 2.21. The van der Waals surface area contributed by atoms with E-state index < -0.39 is 22.0 Å². The maximum absolute atomic E-state index is 13.0. The van der Waals surface area contributed by atoms with Crippen LogP contribution in [0.1, 0.15) is 41.8 Å². The maximum Gasteiger partial charge on any atom is 0.305 e. The SMILES string of the molecule is Cc1cc(S(=O)(=O)Nc2cccc(-c3ccc(C(=O)N[C@H](CC(=O)O)C(C)C)cc3)c2)c(C)cc1Cl. The van der Waals surface area contributed by atoms with Gasteiger partial charge in [-0.2, -0.15) is 0 Å². The second-order valence-corrected chi connectivity index (χ2v) is 11.1. The van der Waals surface area contributed by atoms with Gasteiger partial charge in [0.15, 0.2) is 0 Å². The molecule has 0 unspecified atom stereocenters. The number of rotatable bonds is 9. The largest absolute Gasteiger partial charge is 0.481 e. The fourth-order valence-electron chi connectivity index (χ4n) is 3.72. The summed E-state index contributed by atoms with van der Waals surface area (Å²) in [4.78, 5) is 23.9. The van der Waals surface area contributed by atoms with Crippen molar-refractivity contribution >= 4 is 39.2 Å². The van der Waals surface area contributed by atoms with Crippen molar-refractivity contribution in [3.8, 4) is 11.1 Å². The van der Waals surface area contributed by atoms with Crippen molar-refractivity contribution in [1.29, 1.82) is 0 Å². The molecule has 0 aromatic heterocycles. The van der Waals surface area contributed by atoms with Gasteiger partial charge in [-0.05, 0) is 78.4 Å². The Morgan fingerprint density at radius 1 is 0.944 bits per heavy atom. The molecule has 0 aliphatic rings. The highest BCUT2D eigenvalue weighted by molar-refractivity contribution is 7.92. The number of benzene rings is 3. The Morgan fingerprint density at radius 3 is 2.22 bits per heavy atom. The number of aliphatic carboxylic acids is 1. The molecule has 3 N–H and O–H groups in total. The molecule has 3 rings (SSSR count). The lowest BCUT2D eigenvalue weighted by atomic mass is 9.99. The first kappa shape index (κ1) is 27.2. The number of hydrogen-bond acceptors (Lipinski definition) is 4. The van der Waals surface area contributed by atoms with E-state index in [9.17, 15) is 18.0 Å². The van der Waals surface area contributed by atoms with E-state index in [1.54, 1.807) is 68.4 Å². The first-order valence-electron chi connectivity index (χ1n) is 11.4. The molecule has 0 spiro atoms. The standard InChI is InChI=1S/C27H29ClN2O5S/c1-16(2)24(15-26(31)32)29-27(33)20-10-8-19(9-11-20)21-6-5-7-22(14-21)30-36(34,35)25-13-17(3)23(28)12-18(25)4/h5-14,16,24,30H,15H2,1-4H3,(H,29,33)(H,31,32)/t24-/m1/s1. The van der Waals surface area contributed by atoms with E-state index in [1.165, 1.54) is 0 Å². The molecule has 9 heteroatoms. The van der Waals surface area contributed by atoms with Crippen LogP contribution in [0, 0.1) is 19.8 Å². The first-order valence-corrected chi connectivity index (χ1v) is 13.3. The second kappa shape index (κ2) is 11.1. The number of sulfonamides is 1. The van der Waals surface area contributed by atoms with Crippen LogP contribution in [0.2, 0.25) is 5.02 Å². The molecular weight excluding hydrogens is 500 g/mol. The third-order valence-electron chi connectivity index (χ3n) is 5.86. The quantitative estimate of drug-likeness (QED) is 0.332. The van der Waals surface area contributed by atoms with Gasteiger partial charge in [0, 0.05) is 22.3 Å². The van der Waals surface area contributed by atoms with E-state index >= 15 is 0 Å². The van der Waals surface area contributed by atoms with Crippen LogP contribution in [0.4, 0.5) is 5.69 Å². The summed E-state index contributed by atoms with van der Waals surface area (Å²) in [5, 5.41) is 12.4. The molecule has 7 nitrogen and oxygen atoms in total. The normalized spacial score (nSPS) is 12.3. The van der Waals surface area contributed by atoms with E-state index in [2.05, 4.69) is 10.0 Å². The number of anilines is 1. The molecule has 0 radical (unpaired) electrons. The van der Waals surface area contributed by atoms with Gasteiger partial charge in [0.2, 0.25) is 0 Å². The molecule has 0 saturated heterocycles. The van der Waals surface area contributed by atoms with E-state index in [0.717, 1.165) is 11.1 Å². The number of amides is 1. The summed E-state index contributed by atoms with van der Waals surface area (Å²) in [6.07, 6.45) is -0.153. The Morgan fingerprint density at radius 2 is 1.61 bits per heavy atom. The van der Waals surface area contributed by atoms with Crippen molar-refractivity contribution in [2.24, 2.45) is 5.92 Å². The molecule has 190 valence electrons. The van der Waals surface area contributed by atoms with Gasteiger partial charge in [-0.1, -0.05) is 49.7 Å². The number of aryl methyl sites for hydroxylation is 2. The maximum atomic E-state index is 13.0. The smallest absolute Gasteiger partial charge is 0.305 e. The van der Waals surface area contributed by atoms with Crippen molar-refractivity contribution in [1.82, 2.24) is 5.32 Å². The molecule has 0 heterocycles. The van der Waals surface area contributed by atoms with Gasteiger partial charge in [-0.3, -0.25) is 14.3 Å². The molecule has 0 aliphatic carbocycles. The average Bonchev–Trinajstić information content (AvgIpc) is 2.80. The van der Waals surface area contributed by atoms with E-state index in [0.29, 0.717) is 27.4 Å².